The average molecular weight is 336 g/mol. The highest BCUT2D eigenvalue weighted by molar-refractivity contribution is 5.92. The lowest BCUT2D eigenvalue weighted by Gasteiger charge is -2.09. The molecule has 0 aliphatic rings. The minimum absolute atomic E-state index is 0.396. The number of nitrogens with two attached hydrogens (primary N) is 1. The van der Waals surface area contributed by atoms with Gasteiger partial charge in [0.1, 0.15) is 5.52 Å². The number of aryl methyl sites for hydroxylation is 1. The summed E-state index contributed by atoms with van der Waals surface area (Å²) in [6.07, 6.45) is 0.614. The molecule has 0 saturated heterocycles. The molecule has 5 nitrogen and oxygen atoms in total. The first-order valence-electron chi connectivity index (χ1n) is 8.55. The average Bonchev–Trinajstić information content (AvgIpc) is 2.99. The fourth-order valence-corrected chi connectivity index (χ4v) is 2.67. The van der Waals surface area contributed by atoms with Crippen LogP contribution < -0.4 is 11.1 Å². The molecule has 0 aliphatic heterocycles. The van der Waals surface area contributed by atoms with Gasteiger partial charge in [-0.2, -0.15) is 0 Å². The number of benzene rings is 2. The van der Waals surface area contributed by atoms with Gasteiger partial charge in [-0.15, -0.1) is 0 Å². The summed E-state index contributed by atoms with van der Waals surface area (Å²) >= 11 is 0. The molecule has 0 fully saturated rings. The number of nitrogens with one attached hydrogen (secondary N) is 1. The molecule has 2 aromatic carbocycles. The number of anilines is 1. The Labute approximate surface area is 148 Å². The summed E-state index contributed by atoms with van der Waals surface area (Å²) in [6.45, 7) is 6.88. The fourth-order valence-electron chi connectivity index (χ4n) is 2.67. The number of guanidine groups is 1. The molecule has 0 atom stereocenters. The van der Waals surface area contributed by atoms with Gasteiger partial charge in [0.05, 0.1) is 6.54 Å². The minimum Gasteiger partial charge on any atom is -0.441 e. The van der Waals surface area contributed by atoms with Crippen LogP contribution >= 0.6 is 0 Å². The van der Waals surface area contributed by atoms with Gasteiger partial charge >= 0.3 is 0 Å². The third kappa shape index (κ3) is 4.18. The highest BCUT2D eigenvalue weighted by Gasteiger charge is 2.07. The lowest BCUT2D eigenvalue weighted by atomic mass is 10.0. The van der Waals surface area contributed by atoms with Crippen LogP contribution in [0, 0.1) is 6.92 Å². The summed E-state index contributed by atoms with van der Waals surface area (Å²) in [4.78, 5) is 8.89. The number of nitrogens with zero attached hydrogens (tertiary/aromatic N) is 2. The van der Waals surface area contributed by atoms with E-state index in [0.29, 0.717) is 30.7 Å². The number of hydrogen-bond acceptors (Lipinski definition) is 3. The Morgan fingerprint density at radius 2 is 2.04 bits per heavy atom. The summed E-state index contributed by atoms with van der Waals surface area (Å²) < 4.78 is 5.75. The smallest absolute Gasteiger partial charge is 0.197 e. The standard InChI is InChI=1S/C20H24N4O/c1-13(2)15-7-5-8-16(12-15)23-20(21)22-11-10-18-24-19-14(3)6-4-9-17(19)25-18/h4-9,12-13H,10-11H2,1-3H3,(H3,21,22,23). The second-order valence-corrected chi connectivity index (χ2v) is 6.45. The number of aliphatic imine (C=N–C) groups is 1. The second-order valence-electron chi connectivity index (χ2n) is 6.45. The quantitative estimate of drug-likeness (QED) is 0.540. The van der Waals surface area contributed by atoms with Crippen LogP contribution in [0.4, 0.5) is 5.69 Å². The topological polar surface area (TPSA) is 76.4 Å². The molecule has 0 aliphatic carbocycles. The van der Waals surface area contributed by atoms with E-state index >= 15 is 0 Å². The van der Waals surface area contributed by atoms with E-state index in [1.165, 1.54) is 5.56 Å². The van der Waals surface area contributed by atoms with Gasteiger partial charge in [0.25, 0.3) is 0 Å². The van der Waals surface area contributed by atoms with Crippen molar-refractivity contribution >= 4 is 22.7 Å². The van der Waals surface area contributed by atoms with Crippen LogP contribution in [0.25, 0.3) is 11.1 Å². The van der Waals surface area contributed by atoms with E-state index in [9.17, 15) is 0 Å². The summed E-state index contributed by atoms with van der Waals surface area (Å²) in [7, 11) is 0. The maximum absolute atomic E-state index is 5.98. The van der Waals surface area contributed by atoms with E-state index in [0.717, 1.165) is 22.4 Å². The molecule has 0 unspecified atom stereocenters. The van der Waals surface area contributed by atoms with Crippen molar-refractivity contribution in [2.45, 2.75) is 33.1 Å². The van der Waals surface area contributed by atoms with E-state index < -0.39 is 0 Å². The zero-order valence-corrected chi connectivity index (χ0v) is 14.9. The maximum atomic E-state index is 5.98. The molecule has 0 spiro atoms. The first-order valence-corrected chi connectivity index (χ1v) is 8.55. The summed E-state index contributed by atoms with van der Waals surface area (Å²) in [6, 6.07) is 14.1. The largest absolute Gasteiger partial charge is 0.441 e. The van der Waals surface area contributed by atoms with E-state index in [-0.39, 0.29) is 0 Å². The molecule has 1 heterocycles. The number of oxazole rings is 1. The monoisotopic (exact) mass is 336 g/mol. The van der Waals surface area contributed by atoms with Gasteiger partial charge in [-0.25, -0.2) is 4.98 Å². The Hall–Kier alpha value is -2.82. The zero-order chi connectivity index (χ0) is 17.8. The SMILES string of the molecule is Cc1cccc2oc(CCN=C(N)Nc3cccc(C(C)C)c3)nc12. The van der Waals surface area contributed by atoms with Crippen molar-refractivity contribution in [1.29, 1.82) is 0 Å². The van der Waals surface area contributed by atoms with Gasteiger partial charge < -0.3 is 15.5 Å². The van der Waals surface area contributed by atoms with Crippen LogP contribution in [0.5, 0.6) is 0 Å². The molecule has 25 heavy (non-hydrogen) atoms. The van der Waals surface area contributed by atoms with Gasteiger partial charge in [0.2, 0.25) is 0 Å². The molecule has 3 rings (SSSR count). The van der Waals surface area contributed by atoms with Crippen molar-refractivity contribution in [2.24, 2.45) is 10.7 Å². The Kier molecular flexibility index (Phi) is 5.03. The number of fused-ring (bicyclic) bond motifs is 1. The van der Waals surface area contributed by atoms with Crippen molar-refractivity contribution in [3.8, 4) is 0 Å². The van der Waals surface area contributed by atoms with Crippen LogP contribution in [-0.4, -0.2) is 17.5 Å². The highest BCUT2D eigenvalue weighted by atomic mass is 16.3. The molecule has 0 radical (unpaired) electrons. The maximum Gasteiger partial charge on any atom is 0.197 e. The van der Waals surface area contributed by atoms with Gasteiger partial charge in [-0.1, -0.05) is 38.1 Å². The summed E-state index contributed by atoms with van der Waals surface area (Å²) in [5.74, 6) is 1.55. The van der Waals surface area contributed by atoms with Gasteiger partial charge in [0, 0.05) is 12.1 Å². The third-order valence-corrected chi connectivity index (χ3v) is 4.10. The minimum atomic E-state index is 0.396. The molecule has 3 aromatic rings. The molecule has 130 valence electrons. The van der Waals surface area contributed by atoms with Crippen molar-refractivity contribution in [1.82, 2.24) is 4.98 Å². The van der Waals surface area contributed by atoms with Gasteiger partial charge in [-0.05, 0) is 42.2 Å². The predicted molar refractivity (Wildman–Crippen MR) is 103 cm³/mol. The van der Waals surface area contributed by atoms with E-state index in [4.69, 9.17) is 10.2 Å². The lowest BCUT2D eigenvalue weighted by Crippen LogP contribution is -2.23. The van der Waals surface area contributed by atoms with Crippen molar-refractivity contribution in [2.75, 3.05) is 11.9 Å². The number of hydrogen-bond donors (Lipinski definition) is 2. The number of para-hydroxylation sites is 1. The zero-order valence-electron chi connectivity index (χ0n) is 14.9. The molecular formula is C20H24N4O. The van der Waals surface area contributed by atoms with Crippen LogP contribution in [0.15, 0.2) is 51.9 Å². The van der Waals surface area contributed by atoms with Crippen LogP contribution in [0.2, 0.25) is 0 Å². The first kappa shape index (κ1) is 17.0. The Morgan fingerprint density at radius 3 is 2.80 bits per heavy atom. The summed E-state index contributed by atoms with van der Waals surface area (Å²) in [5, 5.41) is 3.14. The lowest BCUT2D eigenvalue weighted by molar-refractivity contribution is 0.531. The molecule has 0 amide bonds. The van der Waals surface area contributed by atoms with Crippen molar-refractivity contribution in [3.63, 3.8) is 0 Å². The molecule has 5 heteroatoms. The Balaban J connectivity index is 1.61. The van der Waals surface area contributed by atoms with E-state index in [1.54, 1.807) is 0 Å². The van der Waals surface area contributed by atoms with E-state index in [2.05, 4.69) is 41.3 Å². The normalized spacial score (nSPS) is 12.1. The van der Waals surface area contributed by atoms with Gasteiger partial charge in [-0.3, -0.25) is 4.99 Å². The molecule has 0 bridgehead atoms. The first-order chi connectivity index (χ1) is 12.0. The summed E-state index contributed by atoms with van der Waals surface area (Å²) in [5.41, 5.74) is 11.0. The molecule has 3 N–H and O–H groups in total. The molecule has 0 saturated carbocycles. The van der Waals surface area contributed by atoms with Crippen LogP contribution in [0.3, 0.4) is 0 Å². The van der Waals surface area contributed by atoms with Gasteiger partial charge in [0.15, 0.2) is 17.4 Å². The molecular weight excluding hydrogens is 312 g/mol. The third-order valence-electron chi connectivity index (χ3n) is 4.10. The number of aromatic nitrogens is 1. The van der Waals surface area contributed by atoms with Crippen LogP contribution in [0.1, 0.15) is 36.8 Å². The van der Waals surface area contributed by atoms with Crippen molar-refractivity contribution < 1.29 is 4.42 Å². The highest BCUT2D eigenvalue weighted by Crippen LogP contribution is 2.19. The Morgan fingerprint density at radius 1 is 1.24 bits per heavy atom. The fraction of sp³-hybridized carbons (Fsp3) is 0.300. The van der Waals surface area contributed by atoms with Crippen molar-refractivity contribution in [3.05, 3.63) is 59.5 Å². The molecule has 1 aromatic heterocycles. The second kappa shape index (κ2) is 7.38. The van der Waals surface area contributed by atoms with E-state index in [1.807, 2.05) is 37.3 Å². The Bertz CT molecular complexity index is 896. The predicted octanol–water partition coefficient (Wildman–Crippen LogP) is 4.23. The number of rotatable bonds is 5. The van der Waals surface area contributed by atoms with Crippen LogP contribution in [-0.2, 0) is 6.42 Å².